The van der Waals surface area contributed by atoms with Crippen molar-refractivity contribution in [2.75, 3.05) is 25.0 Å². The smallest absolute Gasteiger partial charge is 0.411 e. The fourth-order valence-electron chi connectivity index (χ4n) is 3.29. The highest BCUT2D eigenvalue weighted by Gasteiger charge is 2.27. The summed E-state index contributed by atoms with van der Waals surface area (Å²) < 4.78 is 13.8. The molecular weight excluding hydrogens is 307 g/mol. The number of amides is 1. The Morgan fingerprint density at radius 3 is 2.67 bits per heavy atom. The highest BCUT2D eigenvalue weighted by molar-refractivity contribution is 5.93. The molecule has 0 spiro atoms. The number of carbonyl (C=O) groups is 1. The molecule has 1 amide bonds. The van der Waals surface area contributed by atoms with Gasteiger partial charge in [-0.3, -0.25) is 4.90 Å². The Labute approximate surface area is 141 Å². The lowest BCUT2D eigenvalue weighted by Crippen LogP contribution is -2.41. The Balaban J connectivity index is 2.00. The lowest BCUT2D eigenvalue weighted by Gasteiger charge is -2.28. The van der Waals surface area contributed by atoms with Gasteiger partial charge in [-0.25, -0.2) is 9.18 Å². The molecule has 24 heavy (non-hydrogen) atoms. The first kappa shape index (κ1) is 16.5. The second kappa shape index (κ2) is 7.01. The number of anilines is 1. The summed E-state index contributed by atoms with van der Waals surface area (Å²) in [6.45, 7) is 1.37. The van der Waals surface area contributed by atoms with Gasteiger partial charge in [0.25, 0.3) is 0 Å². The van der Waals surface area contributed by atoms with E-state index in [0.717, 1.165) is 24.9 Å². The van der Waals surface area contributed by atoms with Gasteiger partial charge < -0.3 is 10.0 Å². The van der Waals surface area contributed by atoms with E-state index in [2.05, 4.69) is 4.90 Å². The number of carboxylic acid groups (broad SMARTS) is 1. The van der Waals surface area contributed by atoms with Gasteiger partial charge in [0.1, 0.15) is 5.82 Å². The van der Waals surface area contributed by atoms with Crippen LogP contribution in [0.5, 0.6) is 0 Å². The minimum absolute atomic E-state index is 0.190. The van der Waals surface area contributed by atoms with Crippen LogP contribution in [-0.2, 0) is 0 Å². The standard InChI is InChI=1S/C19H21FN2O2/c1-21-11-5-8-16(21)13-22(19(23)24)18-10-9-15(20)12-17(18)14-6-3-2-4-7-14/h2-4,6-7,9-10,12,16H,5,8,11,13H2,1H3,(H,23,24). The van der Waals surface area contributed by atoms with E-state index < -0.39 is 6.09 Å². The topological polar surface area (TPSA) is 43.8 Å². The van der Waals surface area contributed by atoms with E-state index in [1.807, 2.05) is 37.4 Å². The summed E-state index contributed by atoms with van der Waals surface area (Å²) in [5, 5.41) is 9.73. The van der Waals surface area contributed by atoms with E-state index in [0.29, 0.717) is 17.8 Å². The maximum absolute atomic E-state index is 13.8. The molecule has 0 aliphatic carbocycles. The molecule has 3 rings (SSSR count). The number of likely N-dealkylation sites (N-methyl/N-ethyl adjacent to an activating group) is 1. The summed E-state index contributed by atoms with van der Waals surface area (Å²) in [6.07, 6.45) is 1.03. The van der Waals surface area contributed by atoms with Crippen molar-refractivity contribution in [3.8, 4) is 11.1 Å². The van der Waals surface area contributed by atoms with Crippen LogP contribution < -0.4 is 4.90 Å². The van der Waals surface area contributed by atoms with Crippen LogP contribution in [0.15, 0.2) is 48.5 Å². The van der Waals surface area contributed by atoms with Crippen LogP contribution >= 0.6 is 0 Å². The number of hydrogen-bond acceptors (Lipinski definition) is 2. The van der Waals surface area contributed by atoms with E-state index in [4.69, 9.17) is 0 Å². The molecule has 2 aromatic rings. The van der Waals surface area contributed by atoms with Gasteiger partial charge in [-0.1, -0.05) is 30.3 Å². The quantitative estimate of drug-likeness (QED) is 0.920. The van der Waals surface area contributed by atoms with Crippen molar-refractivity contribution in [1.29, 1.82) is 0 Å². The number of halogens is 1. The molecule has 2 aromatic carbocycles. The summed E-state index contributed by atoms with van der Waals surface area (Å²) in [4.78, 5) is 15.4. The van der Waals surface area contributed by atoms with E-state index in [-0.39, 0.29) is 11.9 Å². The minimum atomic E-state index is -1.01. The second-order valence-corrected chi connectivity index (χ2v) is 6.20. The van der Waals surface area contributed by atoms with Gasteiger partial charge in [-0.15, -0.1) is 0 Å². The number of hydrogen-bond donors (Lipinski definition) is 1. The lowest BCUT2D eigenvalue weighted by atomic mass is 10.0. The van der Waals surface area contributed by atoms with Crippen molar-refractivity contribution >= 4 is 11.8 Å². The lowest BCUT2D eigenvalue weighted by molar-refractivity contribution is 0.198. The summed E-state index contributed by atoms with van der Waals surface area (Å²) in [5.41, 5.74) is 1.92. The number of rotatable bonds is 4. The third kappa shape index (κ3) is 3.41. The number of likely N-dealkylation sites (tertiary alicyclic amines) is 1. The zero-order valence-corrected chi connectivity index (χ0v) is 13.7. The molecule has 1 aliphatic heterocycles. The predicted octanol–water partition coefficient (Wildman–Crippen LogP) is 4.07. The Morgan fingerprint density at radius 2 is 2.04 bits per heavy atom. The zero-order chi connectivity index (χ0) is 17.1. The summed E-state index contributed by atoms with van der Waals surface area (Å²) in [6, 6.07) is 13.8. The average Bonchev–Trinajstić information content (AvgIpc) is 2.98. The van der Waals surface area contributed by atoms with Crippen LogP contribution in [0, 0.1) is 5.82 Å². The highest BCUT2D eigenvalue weighted by atomic mass is 19.1. The Morgan fingerprint density at radius 1 is 1.29 bits per heavy atom. The Hall–Kier alpha value is -2.40. The van der Waals surface area contributed by atoms with Gasteiger partial charge in [0.15, 0.2) is 0 Å². The van der Waals surface area contributed by atoms with Crippen LogP contribution in [0.2, 0.25) is 0 Å². The minimum Gasteiger partial charge on any atom is -0.465 e. The molecule has 0 radical (unpaired) electrons. The van der Waals surface area contributed by atoms with Crippen molar-refractivity contribution in [2.45, 2.75) is 18.9 Å². The van der Waals surface area contributed by atoms with Gasteiger partial charge in [0.05, 0.1) is 5.69 Å². The van der Waals surface area contributed by atoms with E-state index in [1.54, 1.807) is 6.07 Å². The van der Waals surface area contributed by atoms with Gasteiger partial charge in [-0.05, 0) is 50.2 Å². The van der Waals surface area contributed by atoms with E-state index in [1.165, 1.54) is 17.0 Å². The van der Waals surface area contributed by atoms with Crippen molar-refractivity contribution in [2.24, 2.45) is 0 Å². The first-order valence-electron chi connectivity index (χ1n) is 8.12. The third-order valence-electron chi connectivity index (χ3n) is 4.63. The molecule has 1 heterocycles. The number of benzene rings is 2. The first-order chi connectivity index (χ1) is 11.6. The van der Waals surface area contributed by atoms with Crippen LogP contribution in [0.3, 0.4) is 0 Å². The molecule has 1 fully saturated rings. The normalized spacial score (nSPS) is 17.8. The van der Waals surface area contributed by atoms with Gasteiger partial charge in [0.2, 0.25) is 0 Å². The Bertz CT molecular complexity index is 721. The summed E-state index contributed by atoms with van der Waals surface area (Å²) >= 11 is 0. The Kier molecular flexibility index (Phi) is 4.81. The van der Waals surface area contributed by atoms with Crippen molar-refractivity contribution in [3.63, 3.8) is 0 Å². The molecule has 4 nitrogen and oxygen atoms in total. The number of nitrogens with zero attached hydrogens (tertiary/aromatic N) is 2. The molecule has 1 atom stereocenters. The zero-order valence-electron chi connectivity index (χ0n) is 13.7. The van der Waals surface area contributed by atoms with E-state index in [9.17, 15) is 14.3 Å². The molecule has 5 heteroatoms. The van der Waals surface area contributed by atoms with Gasteiger partial charge >= 0.3 is 6.09 Å². The summed E-state index contributed by atoms with van der Waals surface area (Å²) in [5.74, 6) is -0.374. The molecule has 126 valence electrons. The monoisotopic (exact) mass is 328 g/mol. The van der Waals surface area contributed by atoms with Crippen LogP contribution in [0.25, 0.3) is 11.1 Å². The maximum Gasteiger partial charge on any atom is 0.411 e. The largest absolute Gasteiger partial charge is 0.465 e. The molecular formula is C19H21FN2O2. The van der Waals surface area contributed by atoms with Gasteiger partial charge in [0, 0.05) is 18.2 Å². The first-order valence-corrected chi connectivity index (χ1v) is 8.12. The van der Waals surface area contributed by atoms with Crippen molar-refractivity contribution in [3.05, 3.63) is 54.3 Å². The fourth-order valence-corrected chi connectivity index (χ4v) is 3.29. The molecule has 0 aromatic heterocycles. The average molecular weight is 328 g/mol. The molecule has 0 saturated carbocycles. The highest BCUT2D eigenvalue weighted by Crippen LogP contribution is 2.32. The SMILES string of the molecule is CN1CCCC1CN(C(=O)O)c1ccc(F)cc1-c1ccccc1. The fraction of sp³-hybridized carbons (Fsp3) is 0.316. The molecule has 1 saturated heterocycles. The molecule has 1 N–H and O–H groups in total. The molecule has 0 bridgehead atoms. The maximum atomic E-state index is 13.8. The van der Waals surface area contributed by atoms with Crippen LogP contribution in [0.4, 0.5) is 14.9 Å². The van der Waals surface area contributed by atoms with Crippen molar-refractivity contribution < 1.29 is 14.3 Å². The summed E-state index contributed by atoms with van der Waals surface area (Å²) in [7, 11) is 2.01. The van der Waals surface area contributed by atoms with Crippen LogP contribution in [-0.4, -0.2) is 42.3 Å². The molecule has 1 unspecified atom stereocenters. The predicted molar refractivity (Wildman–Crippen MR) is 92.9 cm³/mol. The molecule has 1 aliphatic rings. The van der Waals surface area contributed by atoms with Gasteiger partial charge in [-0.2, -0.15) is 0 Å². The third-order valence-corrected chi connectivity index (χ3v) is 4.63. The van der Waals surface area contributed by atoms with E-state index >= 15 is 0 Å². The van der Waals surface area contributed by atoms with Crippen LogP contribution in [0.1, 0.15) is 12.8 Å². The van der Waals surface area contributed by atoms with Crippen molar-refractivity contribution in [1.82, 2.24) is 4.90 Å². The second-order valence-electron chi connectivity index (χ2n) is 6.20.